The molecule has 0 bridgehead atoms. The molecule has 9 amide bonds. The molecular weight excluding hydrogens is 1500 g/mol. The Morgan fingerprint density at radius 1 is 0.419 bits per heavy atom. The summed E-state index contributed by atoms with van der Waals surface area (Å²) in [6.45, 7) is 9.69. The molecule has 0 saturated carbocycles. The SMILES string of the molecule is C.C.C.C.C1CCOC1.CC(=O)NCC(NC(=O)OCC1c2ccccc2-c2ccccc21)C(=O)O.CCONC(=O)C(CNC(C)=O)NC(=O)OCC1c2ccccc2-c2ccccc21.CCc1ccc(-c2ccc(C(=O)N[C@@H](CNC(C)=O)C(=O)NO)cc2)cc1.NCC(NC(=O)OCC1c2ccccc2-c2ccccc21)C(=O)O. The molecule has 3 unspecified atom stereocenters. The fourth-order valence-electron chi connectivity index (χ4n) is 12.7. The number of rotatable bonds is 26. The summed E-state index contributed by atoms with van der Waals surface area (Å²) in [5.41, 5.74) is 25.9. The van der Waals surface area contributed by atoms with Gasteiger partial charge in [-0.3, -0.25) is 38.8 Å². The molecule has 8 aromatic carbocycles. The molecule has 1 aliphatic heterocycles. The lowest BCUT2D eigenvalue weighted by Gasteiger charge is -2.19. The number of carbonyl (C=O) groups is 11. The van der Waals surface area contributed by atoms with E-state index in [4.69, 9.17) is 44.9 Å². The van der Waals surface area contributed by atoms with Crippen LogP contribution in [0.5, 0.6) is 0 Å². The highest BCUT2D eigenvalue weighted by atomic mass is 16.7. The molecular formula is C88H110N10O19. The minimum atomic E-state index is -1.26. The van der Waals surface area contributed by atoms with Crippen molar-refractivity contribution >= 4 is 65.7 Å². The van der Waals surface area contributed by atoms with Gasteiger partial charge in [0, 0.05) is 83.5 Å². The predicted octanol–water partition coefficient (Wildman–Crippen LogP) is 11.1. The van der Waals surface area contributed by atoms with Crippen molar-refractivity contribution in [2.75, 3.05) is 65.8 Å². The molecule has 1 fully saturated rings. The molecule has 3 aliphatic carbocycles. The molecule has 117 heavy (non-hydrogen) atoms. The fraction of sp³-hybridized carbons (Fsp3) is 0.330. The number of aliphatic carboxylic acids is 2. The van der Waals surface area contributed by atoms with Crippen molar-refractivity contribution in [1.82, 2.24) is 48.2 Å². The van der Waals surface area contributed by atoms with Gasteiger partial charge in [-0.15, -0.1) is 0 Å². The normalized spacial score (nSPS) is 12.8. The first-order valence-corrected chi connectivity index (χ1v) is 36.7. The second-order valence-corrected chi connectivity index (χ2v) is 26.1. The summed E-state index contributed by atoms with van der Waals surface area (Å²) in [5, 5.41) is 43.7. The van der Waals surface area contributed by atoms with Gasteiger partial charge in [0.15, 0.2) is 0 Å². The van der Waals surface area contributed by atoms with Gasteiger partial charge in [0.25, 0.3) is 17.7 Å². The van der Waals surface area contributed by atoms with E-state index in [0.29, 0.717) is 5.56 Å². The monoisotopic (exact) mass is 1610 g/mol. The van der Waals surface area contributed by atoms with Crippen LogP contribution in [0.4, 0.5) is 14.4 Å². The lowest BCUT2D eigenvalue weighted by atomic mass is 9.98. The number of fused-ring (bicyclic) bond motifs is 9. The van der Waals surface area contributed by atoms with Gasteiger partial charge in [-0.25, -0.2) is 34.9 Å². The molecule has 29 heteroatoms. The van der Waals surface area contributed by atoms with E-state index >= 15 is 0 Å². The zero-order valence-electron chi connectivity index (χ0n) is 63.2. The van der Waals surface area contributed by atoms with Crippen LogP contribution in [0.2, 0.25) is 0 Å². The molecule has 626 valence electrons. The van der Waals surface area contributed by atoms with E-state index in [1.165, 1.54) is 44.7 Å². The van der Waals surface area contributed by atoms with Crippen molar-refractivity contribution in [1.29, 1.82) is 0 Å². The first kappa shape index (κ1) is 96.5. The van der Waals surface area contributed by atoms with Gasteiger partial charge in [-0.2, -0.15) is 0 Å². The molecule has 1 heterocycles. The van der Waals surface area contributed by atoms with E-state index in [-0.39, 0.29) is 118 Å². The van der Waals surface area contributed by atoms with Crippen LogP contribution in [-0.2, 0) is 63.8 Å². The second-order valence-electron chi connectivity index (χ2n) is 26.1. The van der Waals surface area contributed by atoms with E-state index in [0.717, 1.165) is 97.5 Å². The smallest absolute Gasteiger partial charge is 0.407 e. The van der Waals surface area contributed by atoms with Crippen LogP contribution in [0.3, 0.4) is 0 Å². The molecule has 14 N–H and O–H groups in total. The Morgan fingerprint density at radius 2 is 0.726 bits per heavy atom. The average molecular weight is 1610 g/mol. The lowest BCUT2D eigenvalue weighted by Crippen LogP contribution is -2.52. The number of nitrogens with one attached hydrogen (secondary N) is 9. The molecule has 0 radical (unpaired) electrons. The van der Waals surface area contributed by atoms with Crippen molar-refractivity contribution < 1.29 is 91.9 Å². The minimum absolute atomic E-state index is 0. The van der Waals surface area contributed by atoms with Crippen LogP contribution >= 0.6 is 0 Å². The third-order valence-electron chi connectivity index (χ3n) is 18.4. The number of benzene rings is 8. The highest BCUT2D eigenvalue weighted by Gasteiger charge is 2.34. The number of alkyl carbamates (subject to hydrolysis) is 3. The zero-order valence-corrected chi connectivity index (χ0v) is 63.2. The number of carboxylic acids is 2. The number of hydrogen-bond donors (Lipinski definition) is 13. The van der Waals surface area contributed by atoms with Gasteiger partial charge >= 0.3 is 30.2 Å². The Kier molecular flexibility index (Phi) is 40.5. The summed E-state index contributed by atoms with van der Waals surface area (Å²) in [6.07, 6.45) is 1.16. The number of aryl methyl sites for hydroxylation is 1. The standard InChI is InChI=1S/C22H25N3O5.C20H23N3O4.C20H20N2O5.C18H18N2O4.C4H8O.4CH4/c1-3-30-25-21(27)20(12-23-14(2)26)24-22(28)29-13-19-17-10-6-4-8-15(17)16-9-5-7-11-18(16)19;1-3-14-4-6-15(7-5-14)16-8-10-17(11-9-16)19(25)22-18(20(26)23-27)12-21-13(2)24;1-12(23)21-10-18(19(24)25)22-20(26)27-11-17-15-8-4-2-6-13(15)14-7-3-5-9-16(14)17;19-9-16(17(21)22)20-18(23)24-10-15-13-7-3-1-5-11(13)12-6-2-4-8-14(12)15;1-2-4-5-3-1;;;;/h4-11,19-20H,3,12-13H2,1-2H3,(H,23,26)(H,24,28)(H,25,27);4-11,18,27H,3,12H2,1-2H3,(H,21,24)(H,22,25)(H,23,26);2-9,17-18H,10-11H2,1H3,(H,21,23)(H,22,26)(H,24,25);1-8,15-16H,9-10,19H2,(H,20,23)(H,21,22);1-4H2;4*1H4/t;18-;;;;;;;/m.0......./s1. The Hall–Kier alpha value is -12.8. The third-order valence-corrected chi connectivity index (χ3v) is 18.4. The topological polar surface area (TPSA) is 429 Å². The number of amides is 9. The largest absolute Gasteiger partial charge is 0.480 e. The molecule has 12 rings (SSSR count). The van der Waals surface area contributed by atoms with Gasteiger partial charge in [0.05, 0.1) is 6.61 Å². The first-order chi connectivity index (χ1) is 54.5. The van der Waals surface area contributed by atoms with E-state index in [2.05, 4.69) is 73.9 Å². The molecule has 8 aromatic rings. The Morgan fingerprint density at radius 3 is 1.02 bits per heavy atom. The van der Waals surface area contributed by atoms with E-state index < -0.39 is 72.1 Å². The molecule has 4 atom stereocenters. The Labute approximate surface area is 682 Å². The summed E-state index contributed by atoms with van der Waals surface area (Å²) >= 11 is 0. The Bertz CT molecular complexity index is 4470. The maximum Gasteiger partial charge on any atom is 0.407 e. The van der Waals surface area contributed by atoms with Crippen LogP contribution in [0.15, 0.2) is 194 Å². The predicted molar refractivity (Wildman–Crippen MR) is 446 cm³/mol. The number of hydrogen-bond acceptors (Lipinski definition) is 18. The third kappa shape index (κ3) is 28.0. The molecule has 0 aromatic heterocycles. The first-order valence-electron chi connectivity index (χ1n) is 36.7. The molecule has 0 spiro atoms. The highest BCUT2D eigenvalue weighted by Crippen LogP contribution is 2.47. The van der Waals surface area contributed by atoms with Crippen molar-refractivity contribution in [2.24, 2.45) is 5.73 Å². The second kappa shape index (κ2) is 49.1. The fourth-order valence-corrected chi connectivity index (χ4v) is 12.7. The summed E-state index contributed by atoms with van der Waals surface area (Å²) in [4.78, 5) is 133. The van der Waals surface area contributed by atoms with E-state index in [1.807, 2.05) is 158 Å². The molecule has 4 aliphatic rings. The van der Waals surface area contributed by atoms with Crippen LogP contribution in [0.25, 0.3) is 44.5 Å². The van der Waals surface area contributed by atoms with Crippen LogP contribution in [0, 0.1) is 0 Å². The van der Waals surface area contributed by atoms with Crippen molar-refractivity contribution in [2.45, 2.75) is 126 Å². The quantitative estimate of drug-likeness (QED) is 0.0136. The van der Waals surface area contributed by atoms with Crippen LogP contribution < -0.4 is 53.9 Å². The number of carboxylic acid groups (broad SMARTS) is 2. The minimum Gasteiger partial charge on any atom is -0.480 e. The maximum absolute atomic E-state index is 12.4. The number of ether oxygens (including phenoxy) is 4. The maximum atomic E-state index is 12.4. The van der Waals surface area contributed by atoms with Crippen molar-refractivity contribution in [3.05, 3.63) is 239 Å². The summed E-state index contributed by atoms with van der Waals surface area (Å²) in [6, 6.07) is 58.5. The van der Waals surface area contributed by atoms with Gasteiger partial charge < -0.3 is 72.1 Å². The van der Waals surface area contributed by atoms with Crippen molar-refractivity contribution in [3.63, 3.8) is 0 Å². The number of nitrogens with two attached hydrogens (primary N) is 1. The Balaban J connectivity index is 0.000000318. The molecule has 1 saturated heterocycles. The number of carbonyl (C=O) groups excluding carboxylic acids is 9. The van der Waals surface area contributed by atoms with Crippen LogP contribution in [-0.4, -0.2) is 171 Å². The summed E-state index contributed by atoms with van der Waals surface area (Å²) in [5.74, 6) is -5.64. The lowest BCUT2D eigenvalue weighted by molar-refractivity contribution is -0.140. The molecule has 29 nitrogen and oxygen atoms in total. The van der Waals surface area contributed by atoms with Crippen molar-refractivity contribution in [3.8, 4) is 44.5 Å². The summed E-state index contributed by atoms with van der Waals surface area (Å²) < 4.78 is 20.9. The van der Waals surface area contributed by atoms with Gasteiger partial charge in [0.1, 0.15) is 44.0 Å². The van der Waals surface area contributed by atoms with Gasteiger partial charge in [-0.05, 0) is 122 Å². The van der Waals surface area contributed by atoms with E-state index in [9.17, 15) is 52.7 Å². The zero-order chi connectivity index (χ0) is 81.3. The van der Waals surface area contributed by atoms with Gasteiger partial charge in [0.2, 0.25) is 17.7 Å². The number of hydroxylamine groups is 2. The average Bonchev–Trinajstić information content (AvgIpc) is 1.63. The van der Waals surface area contributed by atoms with Gasteiger partial charge in [-0.1, -0.05) is 219 Å². The highest BCUT2D eigenvalue weighted by molar-refractivity contribution is 5.98. The van der Waals surface area contributed by atoms with Crippen LogP contribution in [0.1, 0.15) is 144 Å². The summed E-state index contributed by atoms with van der Waals surface area (Å²) in [7, 11) is 0. The van der Waals surface area contributed by atoms with E-state index in [1.54, 1.807) is 19.1 Å².